The second-order valence-electron chi connectivity index (χ2n) is 5.83. The van der Waals surface area contributed by atoms with Crippen molar-refractivity contribution in [2.45, 2.75) is 12.1 Å². The average Bonchev–Trinajstić information content (AvgIpc) is 3.19. The molecular weight excluding hydrogens is 346 g/mol. The monoisotopic (exact) mass is 365 g/mol. The molecule has 1 aromatic carbocycles. The van der Waals surface area contributed by atoms with Crippen LogP contribution in [0.4, 0.5) is 0 Å². The zero-order valence-corrected chi connectivity index (χ0v) is 14.7. The van der Waals surface area contributed by atoms with Gasteiger partial charge in [0.1, 0.15) is 11.5 Å². The van der Waals surface area contributed by atoms with Crippen molar-refractivity contribution >= 4 is 15.7 Å². The minimum absolute atomic E-state index is 0.0956. The van der Waals surface area contributed by atoms with Crippen molar-refractivity contribution in [2.24, 2.45) is 0 Å². The maximum Gasteiger partial charge on any atom is 0.287 e. The number of furan rings is 1. The Morgan fingerprint density at radius 1 is 1.20 bits per heavy atom. The number of ether oxygens (including phenoxy) is 2. The summed E-state index contributed by atoms with van der Waals surface area (Å²) < 4.78 is 39.4. The van der Waals surface area contributed by atoms with Crippen molar-refractivity contribution in [2.75, 3.05) is 25.7 Å². The zero-order chi connectivity index (χ0) is 18.0. The quantitative estimate of drug-likeness (QED) is 0.863. The Morgan fingerprint density at radius 2 is 2.00 bits per heavy atom. The highest BCUT2D eigenvalue weighted by Gasteiger charge is 2.39. The lowest BCUT2D eigenvalue weighted by molar-refractivity contribution is 0.0766. The molecule has 1 saturated heterocycles. The third-order valence-electron chi connectivity index (χ3n) is 4.10. The Hall–Kier alpha value is -2.32. The second-order valence-corrected chi connectivity index (χ2v) is 7.98. The van der Waals surface area contributed by atoms with Crippen molar-refractivity contribution in [3.8, 4) is 17.1 Å². The molecule has 0 aliphatic carbocycles. The molecule has 1 amide bonds. The summed E-state index contributed by atoms with van der Waals surface area (Å²) in [5, 5.41) is 2.68. The molecule has 3 rings (SSSR count). The Morgan fingerprint density at radius 3 is 2.72 bits per heavy atom. The van der Waals surface area contributed by atoms with Crippen LogP contribution in [0.2, 0.25) is 0 Å². The molecule has 1 aromatic heterocycles. The van der Waals surface area contributed by atoms with Crippen molar-refractivity contribution < 1.29 is 27.1 Å². The lowest BCUT2D eigenvalue weighted by atomic mass is 10.1. The summed E-state index contributed by atoms with van der Waals surface area (Å²) in [5.41, 5.74) is 0.775. The van der Waals surface area contributed by atoms with E-state index < -0.39 is 27.9 Å². The number of carbonyl (C=O) groups excluding carboxylic acids is 1. The van der Waals surface area contributed by atoms with E-state index in [2.05, 4.69) is 5.32 Å². The van der Waals surface area contributed by atoms with Crippen molar-refractivity contribution in [3.05, 3.63) is 42.2 Å². The van der Waals surface area contributed by atoms with Crippen molar-refractivity contribution in [3.63, 3.8) is 0 Å². The fourth-order valence-electron chi connectivity index (χ4n) is 2.81. The molecule has 0 radical (unpaired) electrons. The number of benzene rings is 1. The smallest absolute Gasteiger partial charge is 0.287 e. The summed E-state index contributed by atoms with van der Waals surface area (Å²) in [4.78, 5) is 12.4. The van der Waals surface area contributed by atoms with Gasteiger partial charge in [0.05, 0.1) is 30.8 Å². The summed E-state index contributed by atoms with van der Waals surface area (Å²) in [6, 6.07) is 9.92. The van der Waals surface area contributed by atoms with Crippen LogP contribution in [0.1, 0.15) is 10.6 Å². The molecule has 1 fully saturated rings. The van der Waals surface area contributed by atoms with Gasteiger partial charge in [0.2, 0.25) is 0 Å². The average molecular weight is 365 g/mol. The third kappa shape index (κ3) is 3.85. The van der Waals surface area contributed by atoms with Crippen LogP contribution in [-0.2, 0) is 14.6 Å². The van der Waals surface area contributed by atoms with E-state index in [0.29, 0.717) is 11.5 Å². The van der Waals surface area contributed by atoms with E-state index in [4.69, 9.17) is 13.9 Å². The van der Waals surface area contributed by atoms with Crippen molar-refractivity contribution in [1.82, 2.24) is 5.32 Å². The Bertz CT molecular complexity index is 873. The summed E-state index contributed by atoms with van der Waals surface area (Å²) >= 11 is 0. The maximum atomic E-state index is 12.4. The number of hydrogen-bond donors (Lipinski definition) is 1. The normalized spacial score (nSPS) is 21.8. The molecule has 2 heterocycles. The highest BCUT2D eigenvalue weighted by molar-refractivity contribution is 7.91. The van der Waals surface area contributed by atoms with Crippen LogP contribution < -0.4 is 10.1 Å². The molecular formula is C17H19NO6S. The zero-order valence-electron chi connectivity index (χ0n) is 13.9. The van der Waals surface area contributed by atoms with E-state index in [9.17, 15) is 13.2 Å². The van der Waals surface area contributed by atoms with Crippen LogP contribution in [0, 0.1) is 0 Å². The van der Waals surface area contributed by atoms with Gasteiger partial charge in [-0.3, -0.25) is 4.79 Å². The van der Waals surface area contributed by atoms with Crippen LogP contribution in [0.15, 0.2) is 40.8 Å². The summed E-state index contributed by atoms with van der Waals surface area (Å²) in [7, 11) is -0.214. The maximum absolute atomic E-state index is 12.4. The van der Waals surface area contributed by atoms with E-state index in [1.165, 1.54) is 7.11 Å². The predicted octanol–water partition coefficient (Wildman–Crippen LogP) is 1.50. The van der Waals surface area contributed by atoms with Gasteiger partial charge in [0.25, 0.3) is 5.91 Å². The third-order valence-corrected chi connectivity index (χ3v) is 5.81. The summed E-state index contributed by atoms with van der Waals surface area (Å²) in [6.45, 7) is 0. The Labute approximate surface area is 145 Å². The molecule has 2 atom stereocenters. The van der Waals surface area contributed by atoms with Crippen LogP contribution >= 0.6 is 0 Å². The molecule has 1 aliphatic heterocycles. The molecule has 2 aromatic rings. The van der Waals surface area contributed by atoms with E-state index in [0.717, 1.165) is 5.56 Å². The van der Waals surface area contributed by atoms with E-state index in [1.807, 2.05) is 18.2 Å². The van der Waals surface area contributed by atoms with Gasteiger partial charge >= 0.3 is 0 Å². The van der Waals surface area contributed by atoms with Gasteiger partial charge in [-0.2, -0.15) is 0 Å². The molecule has 0 bridgehead atoms. The lowest BCUT2D eigenvalue weighted by Gasteiger charge is -2.17. The Kier molecular flexibility index (Phi) is 4.82. The van der Waals surface area contributed by atoms with Crippen LogP contribution in [0.5, 0.6) is 5.75 Å². The number of rotatable bonds is 5. The van der Waals surface area contributed by atoms with Crippen LogP contribution in [0.25, 0.3) is 11.3 Å². The number of hydrogen-bond acceptors (Lipinski definition) is 6. The molecule has 0 saturated carbocycles. The summed E-state index contributed by atoms with van der Waals surface area (Å²) in [5.74, 6) is 0.600. The molecule has 1 aliphatic rings. The van der Waals surface area contributed by atoms with E-state index >= 15 is 0 Å². The molecule has 0 spiro atoms. The summed E-state index contributed by atoms with van der Waals surface area (Å²) in [6.07, 6.45) is -0.554. The molecule has 7 nitrogen and oxygen atoms in total. The van der Waals surface area contributed by atoms with Gasteiger partial charge in [0, 0.05) is 12.7 Å². The number of sulfone groups is 1. The number of nitrogens with one attached hydrogen (secondary N) is 1. The lowest BCUT2D eigenvalue weighted by Crippen LogP contribution is -2.43. The largest absolute Gasteiger partial charge is 0.497 e. The van der Waals surface area contributed by atoms with Crippen LogP contribution in [-0.4, -0.2) is 52.2 Å². The predicted molar refractivity (Wildman–Crippen MR) is 91.4 cm³/mol. The standard InChI is InChI=1S/C17H19NO6S/c1-22-12-5-3-4-11(8-12)14-6-7-15(24-14)17(19)18-13-9-25(20,21)10-16(13)23-2/h3-8,13,16H,9-10H2,1-2H3,(H,18,19). The van der Waals surface area contributed by atoms with Gasteiger partial charge in [-0.05, 0) is 24.3 Å². The first-order chi connectivity index (χ1) is 11.9. The highest BCUT2D eigenvalue weighted by Crippen LogP contribution is 2.26. The Balaban J connectivity index is 1.74. The number of carbonyl (C=O) groups is 1. The molecule has 134 valence electrons. The SMILES string of the molecule is COc1cccc(-c2ccc(C(=O)NC3CS(=O)(=O)CC3OC)o2)c1. The van der Waals surface area contributed by atoms with Gasteiger partial charge in [-0.15, -0.1) is 0 Å². The van der Waals surface area contributed by atoms with Gasteiger partial charge < -0.3 is 19.2 Å². The number of methoxy groups -OCH3 is 2. The minimum atomic E-state index is -3.21. The van der Waals surface area contributed by atoms with Gasteiger partial charge in [0.15, 0.2) is 15.6 Å². The molecule has 8 heteroatoms. The van der Waals surface area contributed by atoms with E-state index in [1.54, 1.807) is 25.3 Å². The van der Waals surface area contributed by atoms with Crippen LogP contribution in [0.3, 0.4) is 0 Å². The molecule has 25 heavy (non-hydrogen) atoms. The molecule has 1 N–H and O–H groups in total. The first kappa shape index (κ1) is 17.5. The second kappa shape index (κ2) is 6.89. The fraction of sp³-hybridized carbons (Fsp3) is 0.353. The van der Waals surface area contributed by atoms with Gasteiger partial charge in [-0.25, -0.2) is 8.42 Å². The first-order valence-electron chi connectivity index (χ1n) is 7.70. The fourth-order valence-corrected chi connectivity index (χ4v) is 4.66. The minimum Gasteiger partial charge on any atom is -0.497 e. The topological polar surface area (TPSA) is 94.8 Å². The van der Waals surface area contributed by atoms with Gasteiger partial charge in [-0.1, -0.05) is 12.1 Å². The van der Waals surface area contributed by atoms with E-state index in [-0.39, 0.29) is 17.3 Å². The first-order valence-corrected chi connectivity index (χ1v) is 9.52. The number of amides is 1. The van der Waals surface area contributed by atoms with Crippen molar-refractivity contribution in [1.29, 1.82) is 0 Å². The molecule has 2 unspecified atom stereocenters. The highest BCUT2D eigenvalue weighted by atomic mass is 32.2.